The van der Waals surface area contributed by atoms with E-state index >= 15 is 0 Å². The van der Waals surface area contributed by atoms with Crippen molar-refractivity contribution in [2.45, 2.75) is 107 Å². The number of aliphatic carboxylic acids is 4. The van der Waals surface area contributed by atoms with Gasteiger partial charge in [-0.25, -0.2) is 29.8 Å². The van der Waals surface area contributed by atoms with Crippen LogP contribution in [0.2, 0.25) is 0 Å². The molecule has 0 saturated carbocycles. The first kappa shape index (κ1) is 90.9. The second-order valence-electron chi connectivity index (χ2n) is 28.3. The summed E-state index contributed by atoms with van der Waals surface area (Å²) in [6.45, 7) is 10.1. The van der Waals surface area contributed by atoms with Crippen molar-refractivity contribution >= 4 is 198 Å². The first-order valence-electron chi connectivity index (χ1n) is 37.7. The number of aliphatic imine (C=N–C) groups is 1. The Morgan fingerprint density at radius 3 is 1.92 bits per heavy atom. The van der Waals surface area contributed by atoms with Gasteiger partial charge in [-0.05, 0) is 110 Å². The van der Waals surface area contributed by atoms with Crippen LogP contribution in [0.5, 0.6) is 5.75 Å². The number of carboxylic acids is 4. The second-order valence-corrected chi connectivity index (χ2v) is 29.8. The van der Waals surface area contributed by atoms with Gasteiger partial charge in [0.25, 0.3) is 23.3 Å². The summed E-state index contributed by atoms with van der Waals surface area (Å²) in [5, 5.41) is 63.9. The number of carboxylic acid groups (broad SMARTS) is 4. The number of aromatic nitrogens is 6. The number of rotatable bonds is 37. The molecule has 45 heteroatoms. The summed E-state index contributed by atoms with van der Waals surface area (Å²) in [5.74, 6) is -14.8. The number of likely N-dealkylation sites (tertiary alicyclic amines) is 1. The molecule has 648 valence electrons. The van der Waals surface area contributed by atoms with Crippen molar-refractivity contribution in [3.05, 3.63) is 160 Å². The Bertz CT molecular complexity index is 5860. The van der Waals surface area contributed by atoms with Crippen molar-refractivity contribution in [2.75, 3.05) is 57.9 Å². The molecule has 9 aromatic rings. The van der Waals surface area contributed by atoms with Crippen molar-refractivity contribution in [2.24, 2.45) is 21.6 Å². The number of fused-ring (bicyclic) bond motifs is 6. The van der Waals surface area contributed by atoms with E-state index in [0.29, 0.717) is 74.6 Å². The van der Waals surface area contributed by atoms with E-state index in [1.807, 2.05) is 24.3 Å². The van der Waals surface area contributed by atoms with Crippen LogP contribution in [-0.4, -0.2) is 224 Å². The van der Waals surface area contributed by atoms with Crippen molar-refractivity contribution in [3.8, 4) is 5.75 Å². The number of H-pyrrole nitrogens is 3. The number of urea groups is 1. The lowest BCUT2D eigenvalue weighted by molar-refractivity contribution is -0.143. The van der Waals surface area contributed by atoms with Crippen molar-refractivity contribution in [3.63, 3.8) is 0 Å². The van der Waals surface area contributed by atoms with E-state index < -0.39 is 150 Å². The number of ether oxygens (including phenoxy) is 1. The van der Waals surface area contributed by atoms with Crippen molar-refractivity contribution < 1.29 is 97.1 Å². The number of nitrogens with two attached hydrogens (primary N) is 3. The molecule has 6 heterocycles. The molecule has 1 fully saturated rings. The first-order valence-corrected chi connectivity index (χ1v) is 39.2. The number of amides is 11. The van der Waals surface area contributed by atoms with Gasteiger partial charge in [0.1, 0.15) is 47.3 Å². The summed E-state index contributed by atoms with van der Waals surface area (Å²) in [7, 11) is 0. The lowest BCUT2D eigenvalue weighted by Crippen LogP contribution is -2.58. The van der Waals surface area contributed by atoms with Gasteiger partial charge in [-0.1, -0.05) is 36.4 Å². The molecule has 0 aliphatic carbocycles. The molecule has 4 aromatic heterocycles. The molecule has 22 N–H and O–H groups in total. The van der Waals surface area contributed by atoms with E-state index in [0.717, 1.165) is 43.8 Å². The second kappa shape index (κ2) is 41.1. The zero-order chi connectivity index (χ0) is 89.9. The molecule has 2 unspecified atom stereocenters. The van der Waals surface area contributed by atoms with Gasteiger partial charge in [0.2, 0.25) is 41.4 Å². The maximum atomic E-state index is 14.0. The normalized spacial score (nSPS) is 14.5. The number of hydrazone groups is 1. The summed E-state index contributed by atoms with van der Waals surface area (Å²) in [6.07, 6.45) is -2.78. The summed E-state index contributed by atoms with van der Waals surface area (Å²) < 4.78 is 5.55. The number of guanidine groups is 1. The van der Waals surface area contributed by atoms with Gasteiger partial charge in [0.15, 0.2) is 17.1 Å². The molecule has 0 spiro atoms. The molecule has 43 nitrogen and oxygen atoms in total. The molecule has 2 aliphatic rings. The van der Waals surface area contributed by atoms with E-state index in [-0.39, 0.29) is 85.3 Å². The van der Waals surface area contributed by atoms with E-state index in [1.54, 1.807) is 66.4 Å². The molecule has 5 aromatic carbocycles. The number of hydrogen-bond acceptors (Lipinski definition) is 25. The fraction of sp³-hybridized carbons (Fsp3) is 0.278. The monoisotopic (exact) mass is 1740 g/mol. The topological polar surface area (TPSA) is 667 Å². The number of aromatic amines is 3. The van der Waals surface area contributed by atoms with Crippen LogP contribution in [0.4, 0.5) is 33.5 Å². The minimum absolute atomic E-state index is 0.00933. The highest BCUT2D eigenvalue weighted by atomic mass is 35.5. The van der Waals surface area contributed by atoms with Crippen LogP contribution in [-0.2, 0) is 59.3 Å². The van der Waals surface area contributed by atoms with E-state index in [9.17, 15) is 97.1 Å². The number of nitrogens with one attached hydrogen (secondary N) is 12. The molecule has 11 rings (SSSR count). The molecule has 1 saturated heterocycles. The Balaban J connectivity index is 0.000000285. The van der Waals surface area contributed by atoms with Crippen LogP contribution in [0, 0.1) is 0 Å². The largest absolute Gasteiger partial charge is 0.481 e. The lowest BCUT2D eigenvalue weighted by atomic mass is 9.95. The lowest BCUT2D eigenvalue weighted by Gasteiger charge is -2.25. The average Bonchev–Trinajstić information content (AvgIpc) is 1.58. The number of halogens is 1. The Morgan fingerprint density at radius 1 is 0.694 bits per heavy atom. The minimum Gasteiger partial charge on any atom is -0.481 e. The number of benzene rings is 5. The van der Waals surface area contributed by atoms with Gasteiger partial charge in [-0.15, -0.1) is 23.4 Å². The van der Waals surface area contributed by atoms with Gasteiger partial charge >= 0.3 is 35.9 Å². The SMILES string of the molecule is C=C(C)CN1C(=O)CC(SC[C@H](NC(=O)[C@H](CC(=O)O)NC(=O)[C@H](CCCN=C(N)N)NC(=O)[C@H](CC(=O)O)NC(=O)CC[C@H](NC(=O)c2ccc(NCc3cnc4nc(N)[nH]c(=O)c4n3)cc2)C(=O)O)C(=O)O)C1=O.C=NNC(=O)Nc1ccc2[nH]c(C(=O)Nc3ccc4[nH]c(C(=O)N5CC(CCl)c6c5cc(OC(C)=O)c5ccccc65)cc4c3)cc2c1. The number of alkyl halides is 1. The van der Waals surface area contributed by atoms with Gasteiger partial charge < -0.3 is 99.8 Å². The number of carbonyl (C=O) groups is 15. The summed E-state index contributed by atoms with van der Waals surface area (Å²) in [5.41, 5.74) is 24.0. The van der Waals surface area contributed by atoms with Crippen LogP contribution < -0.4 is 80.4 Å². The standard InChI is InChI=1S/C44H55N15O16S.C35H28ClN7O5/c1-19(2)17-59-30(61)14-28(40(59)71)76-18-27(42(74)75)56-38(69)26(13-32(64)65)55-36(67)23(4-3-11-48-43(45)46)53-37(68)25(12-31(62)63)52-29(60)10-9-24(41(72)73)54-35(66)20-5-7-21(8-6-20)49-15-22-16-50-34-33(51-22)39(70)58-44(47)57-34;1-18(44)48-31-15-30-32(25-6-4-3-5-24(25)31)21(16-36)17-43(30)34(46)29-14-20-11-22(7-9-27(20)41-29)38-33(45)28-13-19-12-23(8-10-26(19)40-28)39-35(47)42-37-2/h5-8,16,23-28,49H,1,3-4,9-15,17-18H2,2H3,(H,52,60)(H,53,68)(H,54,66)(H,55,67)(H,56,69)(H,62,63)(H,64,65)(H,72,73)(H,74,75)(H4,45,46,48)(H3,47,50,57,58,70);3-15,21,40-41H,2,16-17H2,1H3,(H,38,45)(H2,39,42,47)/t23-,24-,25-,26-,27-,28?;/m0./s1. The number of esters is 1. The highest BCUT2D eigenvalue weighted by Gasteiger charge is 2.41. The van der Waals surface area contributed by atoms with Gasteiger partial charge in [0.05, 0.1) is 42.2 Å². The summed E-state index contributed by atoms with van der Waals surface area (Å²) >= 11 is 7.16. The fourth-order valence-corrected chi connectivity index (χ4v) is 14.6. The van der Waals surface area contributed by atoms with Crippen LogP contribution in [0.15, 0.2) is 136 Å². The van der Waals surface area contributed by atoms with E-state index in [4.69, 9.17) is 33.5 Å². The number of anilines is 5. The minimum atomic E-state index is -2.00. The third-order valence-corrected chi connectivity index (χ3v) is 20.6. The Kier molecular flexibility index (Phi) is 30.1. The molecular weight excluding hydrogens is 1660 g/mol. The number of imide groups is 1. The third-order valence-electron chi connectivity index (χ3n) is 18.9. The third kappa shape index (κ3) is 23.8. The molecular formula is C79H83ClN22O21S. The predicted molar refractivity (Wildman–Crippen MR) is 453 cm³/mol. The number of thioether (sulfide) groups is 1. The highest BCUT2D eigenvalue weighted by Crippen LogP contribution is 2.46. The van der Waals surface area contributed by atoms with Crippen LogP contribution >= 0.6 is 23.4 Å². The zero-order valence-corrected chi connectivity index (χ0v) is 67.5. The fourth-order valence-electron chi connectivity index (χ4n) is 13.2. The molecule has 124 heavy (non-hydrogen) atoms. The molecule has 7 atom stereocenters. The summed E-state index contributed by atoms with van der Waals surface area (Å²) in [4.78, 5) is 231. The smallest absolute Gasteiger partial charge is 0.339 e. The average molecular weight is 1740 g/mol. The number of nitrogens with zero attached hydrogens (tertiary/aromatic N) is 7. The maximum Gasteiger partial charge on any atom is 0.339 e. The number of hydrogen-bond donors (Lipinski definition) is 19. The van der Waals surface area contributed by atoms with Crippen LogP contribution in [0.1, 0.15) is 107 Å². The number of nitrogen functional groups attached to an aromatic ring is 1. The maximum absolute atomic E-state index is 14.0. The van der Waals surface area contributed by atoms with Crippen molar-refractivity contribution in [1.82, 2.24) is 66.8 Å². The van der Waals surface area contributed by atoms with Gasteiger partial charge in [-0.2, -0.15) is 10.1 Å². The Labute approximate surface area is 710 Å². The zero-order valence-electron chi connectivity index (χ0n) is 65.9. The molecule has 2 aliphatic heterocycles. The molecule has 0 radical (unpaired) electrons. The van der Waals surface area contributed by atoms with Gasteiger partial charge in [0, 0.05) is 120 Å². The Hall–Kier alpha value is -15.4. The quantitative estimate of drug-likeness (QED) is 0.00306. The number of carbonyl (C=O) groups excluding carboxylic acids is 11. The predicted octanol–water partition coefficient (Wildman–Crippen LogP) is 3.03. The summed E-state index contributed by atoms with van der Waals surface area (Å²) in [6, 6.07) is 19.3. The van der Waals surface area contributed by atoms with Crippen LogP contribution in [0.25, 0.3) is 43.7 Å². The molecule has 0 bridgehead atoms. The van der Waals surface area contributed by atoms with Crippen LogP contribution in [0.3, 0.4) is 0 Å². The Morgan fingerprint density at radius 2 is 1.30 bits per heavy atom. The molecule has 11 amide bonds. The van der Waals surface area contributed by atoms with Gasteiger partial charge in [-0.3, -0.25) is 77.2 Å². The van der Waals surface area contributed by atoms with Crippen molar-refractivity contribution in [1.29, 1.82) is 0 Å². The first-order chi connectivity index (χ1) is 59.0. The van der Waals surface area contributed by atoms with E-state index in [1.165, 1.54) is 37.4 Å². The van der Waals surface area contributed by atoms with E-state index in [2.05, 4.69) is 101 Å². The highest BCUT2D eigenvalue weighted by molar-refractivity contribution is 8.00.